The zero-order chi connectivity index (χ0) is 15.9. The molecule has 1 aromatic heterocycles. The molecule has 2 N–H and O–H groups in total. The summed E-state index contributed by atoms with van der Waals surface area (Å²) in [7, 11) is 1.84. The average molecular weight is 306 g/mol. The third-order valence-corrected chi connectivity index (χ3v) is 4.56. The number of carboxylic acid groups (broad SMARTS) is 1. The molecule has 0 spiro atoms. The van der Waals surface area contributed by atoms with Crippen molar-refractivity contribution in [3.8, 4) is 0 Å². The van der Waals surface area contributed by atoms with Crippen molar-refractivity contribution in [2.45, 2.75) is 57.4 Å². The highest BCUT2D eigenvalue weighted by Crippen LogP contribution is 2.28. The molecule has 1 aliphatic rings. The number of nitrogens with zero attached hydrogens (tertiary/aromatic N) is 1. The highest BCUT2D eigenvalue weighted by Gasteiger charge is 2.22. The fraction of sp³-hybridized carbons (Fsp3) is 0.647. The third-order valence-electron chi connectivity index (χ3n) is 4.56. The van der Waals surface area contributed by atoms with Gasteiger partial charge in [-0.25, -0.2) is 0 Å². The van der Waals surface area contributed by atoms with Crippen LogP contribution in [0.2, 0.25) is 0 Å². The second-order valence-corrected chi connectivity index (χ2v) is 6.35. The van der Waals surface area contributed by atoms with Gasteiger partial charge in [0.2, 0.25) is 0 Å². The molecule has 0 bridgehead atoms. The van der Waals surface area contributed by atoms with E-state index in [2.05, 4.69) is 5.32 Å². The van der Waals surface area contributed by atoms with Crippen molar-refractivity contribution in [3.63, 3.8) is 0 Å². The molecule has 1 aliphatic carbocycles. The van der Waals surface area contributed by atoms with Gasteiger partial charge in [0.1, 0.15) is 5.69 Å². The molecule has 1 saturated carbocycles. The van der Waals surface area contributed by atoms with Gasteiger partial charge in [0, 0.05) is 25.7 Å². The van der Waals surface area contributed by atoms with E-state index in [4.69, 9.17) is 5.11 Å². The van der Waals surface area contributed by atoms with E-state index in [-0.39, 0.29) is 18.4 Å². The molecule has 0 aliphatic heterocycles. The van der Waals surface area contributed by atoms with Gasteiger partial charge in [-0.15, -0.1) is 0 Å². The number of aliphatic carboxylic acids is 1. The Kier molecular flexibility index (Phi) is 6.04. The molecule has 1 unspecified atom stereocenters. The SMILES string of the molecule is Cn1cccc1C(=O)NC(CCC(=O)O)CC1CCCCC1. The fourth-order valence-electron chi connectivity index (χ4n) is 3.33. The Morgan fingerprint density at radius 1 is 1.36 bits per heavy atom. The Bertz CT molecular complexity index is 504. The first-order valence-electron chi connectivity index (χ1n) is 8.20. The van der Waals surface area contributed by atoms with Crippen LogP contribution < -0.4 is 5.32 Å². The van der Waals surface area contributed by atoms with E-state index in [1.807, 2.05) is 19.3 Å². The topological polar surface area (TPSA) is 71.3 Å². The van der Waals surface area contributed by atoms with Crippen molar-refractivity contribution >= 4 is 11.9 Å². The van der Waals surface area contributed by atoms with Crippen LogP contribution in [0.5, 0.6) is 0 Å². The molecule has 0 saturated heterocycles. The number of aromatic nitrogens is 1. The van der Waals surface area contributed by atoms with E-state index in [9.17, 15) is 9.59 Å². The quantitative estimate of drug-likeness (QED) is 0.813. The van der Waals surface area contributed by atoms with Crippen molar-refractivity contribution < 1.29 is 14.7 Å². The first-order chi connectivity index (χ1) is 10.6. The summed E-state index contributed by atoms with van der Waals surface area (Å²) in [6.45, 7) is 0. The summed E-state index contributed by atoms with van der Waals surface area (Å²) in [6, 6.07) is 3.56. The highest BCUT2D eigenvalue weighted by molar-refractivity contribution is 5.92. The minimum absolute atomic E-state index is 0.0541. The van der Waals surface area contributed by atoms with Crippen LogP contribution >= 0.6 is 0 Å². The number of hydrogen-bond donors (Lipinski definition) is 2. The fourth-order valence-corrected chi connectivity index (χ4v) is 3.33. The van der Waals surface area contributed by atoms with Crippen LogP contribution in [-0.4, -0.2) is 27.6 Å². The summed E-state index contributed by atoms with van der Waals surface area (Å²) >= 11 is 0. The number of rotatable bonds is 7. The molecular weight excluding hydrogens is 280 g/mol. The van der Waals surface area contributed by atoms with Gasteiger partial charge in [-0.3, -0.25) is 9.59 Å². The van der Waals surface area contributed by atoms with Gasteiger partial charge < -0.3 is 15.0 Å². The summed E-state index contributed by atoms with van der Waals surface area (Å²) in [6.07, 6.45) is 9.53. The average Bonchev–Trinajstić information content (AvgIpc) is 2.92. The lowest BCUT2D eigenvalue weighted by Gasteiger charge is -2.27. The van der Waals surface area contributed by atoms with Gasteiger partial charge in [0.25, 0.3) is 5.91 Å². The number of hydrogen-bond acceptors (Lipinski definition) is 2. The molecule has 0 radical (unpaired) electrons. The van der Waals surface area contributed by atoms with E-state index in [1.54, 1.807) is 10.6 Å². The van der Waals surface area contributed by atoms with Gasteiger partial charge in [-0.2, -0.15) is 0 Å². The highest BCUT2D eigenvalue weighted by atomic mass is 16.4. The van der Waals surface area contributed by atoms with E-state index in [1.165, 1.54) is 32.1 Å². The summed E-state index contributed by atoms with van der Waals surface area (Å²) in [5.74, 6) is -0.304. The van der Waals surface area contributed by atoms with Crippen LogP contribution in [0, 0.1) is 5.92 Å². The monoisotopic (exact) mass is 306 g/mol. The van der Waals surface area contributed by atoms with Crippen LogP contribution in [0.1, 0.15) is 61.9 Å². The molecule has 1 heterocycles. The van der Waals surface area contributed by atoms with Crippen molar-refractivity contribution in [1.29, 1.82) is 0 Å². The predicted octanol–water partition coefficient (Wildman–Crippen LogP) is 2.96. The maximum atomic E-state index is 12.3. The third kappa shape index (κ3) is 4.90. The van der Waals surface area contributed by atoms with Crippen LogP contribution in [-0.2, 0) is 11.8 Å². The smallest absolute Gasteiger partial charge is 0.303 e. The van der Waals surface area contributed by atoms with Gasteiger partial charge in [-0.05, 0) is 30.9 Å². The number of amides is 1. The summed E-state index contributed by atoms with van der Waals surface area (Å²) in [5.41, 5.74) is 0.615. The van der Waals surface area contributed by atoms with E-state index >= 15 is 0 Å². The van der Waals surface area contributed by atoms with Gasteiger partial charge in [0.15, 0.2) is 0 Å². The second kappa shape index (κ2) is 8.01. The summed E-state index contributed by atoms with van der Waals surface area (Å²) < 4.78 is 1.78. The lowest BCUT2D eigenvalue weighted by molar-refractivity contribution is -0.137. The number of carbonyl (C=O) groups is 2. The van der Waals surface area contributed by atoms with Gasteiger partial charge in [0.05, 0.1) is 0 Å². The van der Waals surface area contributed by atoms with Crippen molar-refractivity contribution in [2.75, 3.05) is 0 Å². The van der Waals surface area contributed by atoms with E-state index in [0.717, 1.165) is 6.42 Å². The van der Waals surface area contributed by atoms with E-state index < -0.39 is 5.97 Å². The van der Waals surface area contributed by atoms with Crippen LogP contribution in [0.3, 0.4) is 0 Å². The Morgan fingerprint density at radius 3 is 2.68 bits per heavy atom. The lowest BCUT2D eigenvalue weighted by Crippen LogP contribution is -2.37. The first-order valence-corrected chi connectivity index (χ1v) is 8.20. The molecule has 1 amide bonds. The summed E-state index contributed by atoms with van der Waals surface area (Å²) in [4.78, 5) is 23.2. The van der Waals surface area contributed by atoms with Crippen LogP contribution in [0.4, 0.5) is 0 Å². The Labute approximate surface area is 131 Å². The standard InChI is InChI=1S/C17H26N2O3/c1-19-11-5-8-15(19)17(22)18-14(9-10-16(20)21)12-13-6-3-2-4-7-13/h5,8,11,13-14H,2-4,6-7,9-10,12H2,1H3,(H,18,22)(H,20,21). The van der Waals surface area contributed by atoms with Crippen LogP contribution in [0.15, 0.2) is 18.3 Å². The lowest BCUT2D eigenvalue weighted by atomic mass is 9.84. The maximum absolute atomic E-state index is 12.3. The maximum Gasteiger partial charge on any atom is 0.303 e. The van der Waals surface area contributed by atoms with Gasteiger partial charge in [-0.1, -0.05) is 32.1 Å². The zero-order valence-electron chi connectivity index (χ0n) is 13.3. The molecule has 0 aromatic carbocycles. The number of carbonyl (C=O) groups excluding carboxylic acids is 1. The summed E-state index contributed by atoms with van der Waals surface area (Å²) in [5, 5.41) is 12.0. The number of carboxylic acids is 1. The van der Waals surface area contributed by atoms with Crippen molar-refractivity contribution in [1.82, 2.24) is 9.88 Å². The predicted molar refractivity (Wildman–Crippen MR) is 84.7 cm³/mol. The molecule has 1 aromatic rings. The van der Waals surface area contributed by atoms with E-state index in [0.29, 0.717) is 18.0 Å². The largest absolute Gasteiger partial charge is 0.481 e. The molecule has 1 fully saturated rings. The zero-order valence-corrected chi connectivity index (χ0v) is 13.3. The minimum Gasteiger partial charge on any atom is -0.481 e. The normalized spacial score (nSPS) is 17.1. The molecule has 2 rings (SSSR count). The molecule has 5 heteroatoms. The Balaban J connectivity index is 1.95. The minimum atomic E-state index is -0.804. The number of aryl methyl sites for hydroxylation is 1. The Morgan fingerprint density at radius 2 is 2.09 bits per heavy atom. The molecular formula is C17H26N2O3. The molecule has 122 valence electrons. The van der Waals surface area contributed by atoms with Crippen LogP contribution in [0.25, 0.3) is 0 Å². The molecule has 5 nitrogen and oxygen atoms in total. The molecule has 22 heavy (non-hydrogen) atoms. The Hall–Kier alpha value is -1.78. The van der Waals surface area contributed by atoms with Gasteiger partial charge >= 0.3 is 5.97 Å². The number of nitrogens with one attached hydrogen (secondary N) is 1. The first kappa shape index (κ1) is 16.6. The second-order valence-electron chi connectivity index (χ2n) is 6.35. The van der Waals surface area contributed by atoms with Crippen molar-refractivity contribution in [2.24, 2.45) is 13.0 Å². The van der Waals surface area contributed by atoms with Crippen molar-refractivity contribution in [3.05, 3.63) is 24.0 Å². The molecule has 1 atom stereocenters.